The molecule has 2 aliphatic rings. The molecule has 2 aliphatic carbocycles. The highest BCUT2D eigenvalue weighted by molar-refractivity contribution is 6.17. The normalized spacial score (nSPS) is 26.8. The maximum atomic E-state index is 12.3. The molecule has 1 aromatic rings. The van der Waals surface area contributed by atoms with Crippen molar-refractivity contribution in [3.05, 3.63) is 35.9 Å². The molecule has 3 nitrogen and oxygen atoms in total. The van der Waals surface area contributed by atoms with Crippen molar-refractivity contribution in [2.75, 3.05) is 13.2 Å². The Morgan fingerprint density at radius 1 is 1.20 bits per heavy atom. The van der Waals surface area contributed by atoms with Gasteiger partial charge in [-0.2, -0.15) is 0 Å². The highest BCUT2D eigenvalue weighted by Gasteiger charge is 2.74. The average Bonchev–Trinajstić information content (AvgIpc) is 3.06. The van der Waals surface area contributed by atoms with Gasteiger partial charge in [-0.15, -0.1) is 6.42 Å². The van der Waals surface area contributed by atoms with Gasteiger partial charge in [-0.05, 0) is 5.56 Å². The number of benzene rings is 1. The molecule has 0 aliphatic heterocycles. The number of carbonyl (C=O) groups is 2. The molecule has 3 rings (SSSR count). The highest BCUT2D eigenvalue weighted by Crippen LogP contribution is 2.68. The molecular weight excluding hydrogens is 252 g/mol. The number of carbonyl (C=O) groups excluding carboxylic acids is 2. The van der Waals surface area contributed by atoms with Crippen LogP contribution in [-0.4, -0.2) is 24.8 Å². The van der Waals surface area contributed by atoms with Gasteiger partial charge in [-0.3, -0.25) is 9.59 Å². The summed E-state index contributed by atoms with van der Waals surface area (Å²) in [4.78, 5) is 24.6. The predicted molar refractivity (Wildman–Crippen MR) is 74.0 cm³/mol. The molecule has 2 saturated carbocycles. The van der Waals surface area contributed by atoms with Gasteiger partial charge in [0.2, 0.25) is 0 Å². The van der Waals surface area contributed by atoms with E-state index in [1.165, 1.54) is 0 Å². The lowest BCUT2D eigenvalue weighted by Crippen LogP contribution is -2.21. The van der Waals surface area contributed by atoms with Crippen molar-refractivity contribution in [1.29, 1.82) is 0 Å². The Bertz CT molecular complexity index is 566. The van der Waals surface area contributed by atoms with Crippen LogP contribution in [0, 0.1) is 23.7 Å². The molecule has 0 amide bonds. The van der Waals surface area contributed by atoms with Gasteiger partial charge >= 0.3 is 0 Å². The first-order chi connectivity index (χ1) is 9.72. The van der Waals surface area contributed by atoms with Gasteiger partial charge in [0.05, 0.1) is 6.61 Å². The van der Waals surface area contributed by atoms with Gasteiger partial charge in [-0.1, -0.05) is 36.3 Å². The number of rotatable bonds is 4. The Labute approximate surface area is 118 Å². The van der Waals surface area contributed by atoms with E-state index < -0.39 is 5.41 Å². The molecule has 1 spiro atoms. The summed E-state index contributed by atoms with van der Waals surface area (Å²) in [6.45, 7) is 0.595. The third-order valence-corrected chi connectivity index (χ3v) is 4.51. The van der Waals surface area contributed by atoms with Crippen LogP contribution in [0.3, 0.4) is 0 Å². The van der Waals surface area contributed by atoms with Crippen LogP contribution in [0.15, 0.2) is 30.3 Å². The molecule has 2 atom stereocenters. The Kier molecular flexibility index (Phi) is 3.19. The summed E-state index contributed by atoms with van der Waals surface area (Å²) in [6.07, 6.45) is 5.91. The third kappa shape index (κ3) is 1.72. The minimum atomic E-state index is -0.823. The monoisotopic (exact) mass is 268 g/mol. The molecule has 0 saturated heterocycles. The molecule has 102 valence electrons. The predicted octanol–water partition coefficient (Wildman–Crippen LogP) is 1.97. The van der Waals surface area contributed by atoms with Crippen LogP contribution in [-0.2, 0) is 14.3 Å². The summed E-state index contributed by atoms with van der Waals surface area (Å²) >= 11 is 0. The van der Waals surface area contributed by atoms with Crippen molar-refractivity contribution in [2.45, 2.75) is 18.8 Å². The van der Waals surface area contributed by atoms with E-state index in [9.17, 15) is 9.59 Å². The second-order valence-electron chi connectivity index (χ2n) is 5.43. The molecule has 0 bridgehead atoms. The summed E-state index contributed by atoms with van der Waals surface area (Å²) in [5, 5.41) is 0. The van der Waals surface area contributed by atoms with Crippen molar-refractivity contribution in [3.63, 3.8) is 0 Å². The molecule has 2 fully saturated rings. The maximum absolute atomic E-state index is 12.3. The quantitative estimate of drug-likeness (QED) is 0.476. The van der Waals surface area contributed by atoms with Crippen LogP contribution in [0.4, 0.5) is 0 Å². The summed E-state index contributed by atoms with van der Waals surface area (Å²) in [7, 11) is 0. The van der Waals surface area contributed by atoms with E-state index in [0.717, 1.165) is 5.56 Å². The first-order valence-electron chi connectivity index (χ1n) is 6.85. The minimum absolute atomic E-state index is 0.0380. The number of terminal acetylenes is 1. The number of hydrogen-bond donors (Lipinski definition) is 0. The average molecular weight is 268 g/mol. The fourth-order valence-electron chi connectivity index (χ4n) is 3.64. The van der Waals surface area contributed by atoms with Crippen molar-refractivity contribution in [3.8, 4) is 12.3 Å². The smallest absolute Gasteiger partial charge is 0.147 e. The van der Waals surface area contributed by atoms with Crippen LogP contribution < -0.4 is 0 Å². The fourth-order valence-corrected chi connectivity index (χ4v) is 3.64. The molecule has 3 heteroatoms. The van der Waals surface area contributed by atoms with E-state index in [-0.39, 0.29) is 30.0 Å². The van der Waals surface area contributed by atoms with E-state index in [1.807, 2.05) is 30.3 Å². The molecule has 0 aromatic heterocycles. The minimum Gasteiger partial charge on any atom is -0.368 e. The van der Waals surface area contributed by atoms with Crippen LogP contribution in [0.5, 0.6) is 0 Å². The van der Waals surface area contributed by atoms with Crippen molar-refractivity contribution in [2.24, 2.45) is 11.3 Å². The second kappa shape index (κ2) is 4.88. The molecule has 0 radical (unpaired) electrons. The standard InChI is InChI=1S/C17H16O3/c1-2-10-20-11-13-16(12-6-4-3-5-7-12)17(13)14(18)8-9-15(17)19/h1,3-7,13,16H,8-11H2/t13-,16-/m0/s1. The molecule has 1 aromatic carbocycles. The van der Waals surface area contributed by atoms with E-state index >= 15 is 0 Å². The van der Waals surface area contributed by atoms with Gasteiger partial charge in [-0.25, -0.2) is 0 Å². The Hall–Kier alpha value is -1.92. The summed E-state index contributed by atoms with van der Waals surface area (Å²) < 4.78 is 5.40. The van der Waals surface area contributed by atoms with Crippen molar-refractivity contribution < 1.29 is 14.3 Å². The number of hydrogen-bond acceptors (Lipinski definition) is 3. The van der Waals surface area contributed by atoms with Gasteiger partial charge in [0.1, 0.15) is 23.6 Å². The zero-order valence-electron chi connectivity index (χ0n) is 11.2. The van der Waals surface area contributed by atoms with Crippen LogP contribution in [0.25, 0.3) is 0 Å². The highest BCUT2D eigenvalue weighted by atomic mass is 16.5. The van der Waals surface area contributed by atoms with Crippen LogP contribution in [0.1, 0.15) is 24.3 Å². The van der Waals surface area contributed by atoms with E-state index in [4.69, 9.17) is 11.2 Å². The first-order valence-corrected chi connectivity index (χ1v) is 6.85. The van der Waals surface area contributed by atoms with E-state index in [2.05, 4.69) is 5.92 Å². The van der Waals surface area contributed by atoms with E-state index in [0.29, 0.717) is 19.4 Å². The van der Waals surface area contributed by atoms with Crippen molar-refractivity contribution >= 4 is 11.6 Å². The lowest BCUT2D eigenvalue weighted by molar-refractivity contribution is -0.130. The first kappa shape index (κ1) is 13.1. The Morgan fingerprint density at radius 2 is 1.85 bits per heavy atom. The largest absolute Gasteiger partial charge is 0.368 e. The number of Topliss-reactive ketones (excluding diaryl/α,β-unsaturated/α-hetero) is 2. The van der Waals surface area contributed by atoms with Crippen LogP contribution >= 0.6 is 0 Å². The van der Waals surface area contributed by atoms with Gasteiger partial charge < -0.3 is 4.74 Å². The zero-order valence-corrected chi connectivity index (χ0v) is 11.2. The third-order valence-electron chi connectivity index (χ3n) is 4.51. The zero-order chi connectivity index (χ0) is 14.2. The summed E-state index contributed by atoms with van der Waals surface area (Å²) in [5.74, 6) is 2.47. The second-order valence-corrected chi connectivity index (χ2v) is 5.43. The molecule has 0 heterocycles. The van der Waals surface area contributed by atoms with Gasteiger partial charge in [0, 0.05) is 24.7 Å². The SMILES string of the molecule is C#CCOC[C@H]1[C@H](c2ccccc2)C12C(=O)CCC2=O. The number of ether oxygens (including phenoxy) is 1. The molecule has 0 unspecified atom stereocenters. The van der Waals surface area contributed by atoms with Crippen LogP contribution in [0.2, 0.25) is 0 Å². The molecular formula is C17H16O3. The van der Waals surface area contributed by atoms with Gasteiger partial charge in [0.15, 0.2) is 0 Å². The fraction of sp³-hybridized carbons (Fsp3) is 0.412. The summed E-state index contributed by atoms with van der Waals surface area (Å²) in [5.41, 5.74) is 0.223. The molecule has 20 heavy (non-hydrogen) atoms. The molecule has 0 N–H and O–H groups in total. The number of ketones is 2. The summed E-state index contributed by atoms with van der Waals surface area (Å²) in [6, 6.07) is 9.76. The van der Waals surface area contributed by atoms with E-state index in [1.54, 1.807) is 0 Å². The maximum Gasteiger partial charge on any atom is 0.147 e. The lowest BCUT2D eigenvalue weighted by atomic mass is 9.95. The Balaban J connectivity index is 1.89. The Morgan fingerprint density at radius 3 is 2.45 bits per heavy atom. The topological polar surface area (TPSA) is 43.4 Å². The lowest BCUT2D eigenvalue weighted by Gasteiger charge is -2.06. The van der Waals surface area contributed by atoms with Gasteiger partial charge in [0.25, 0.3) is 0 Å². The van der Waals surface area contributed by atoms with Crippen molar-refractivity contribution in [1.82, 2.24) is 0 Å².